The lowest BCUT2D eigenvalue weighted by Gasteiger charge is -2.39. The molecular weight excluding hydrogens is 292 g/mol. The maximum atomic E-state index is 13.1. The maximum absolute atomic E-state index is 13.1. The van der Waals surface area contributed by atoms with Gasteiger partial charge in [-0.05, 0) is 37.3 Å². The van der Waals surface area contributed by atoms with Crippen molar-refractivity contribution in [3.8, 4) is 5.75 Å². The average molecular weight is 313 g/mol. The number of likely N-dealkylation sites (tertiary alicyclic amines) is 1. The molecule has 0 radical (unpaired) electrons. The number of ether oxygens (including phenoxy) is 1. The van der Waals surface area contributed by atoms with Crippen molar-refractivity contribution in [3.63, 3.8) is 0 Å². The van der Waals surface area contributed by atoms with Gasteiger partial charge in [-0.2, -0.15) is 0 Å². The number of amides is 1. The molecule has 1 aliphatic heterocycles. The highest BCUT2D eigenvalue weighted by atomic mass is 19.2. The van der Waals surface area contributed by atoms with Crippen LogP contribution in [0.2, 0.25) is 0 Å². The van der Waals surface area contributed by atoms with Crippen LogP contribution in [-0.2, 0) is 4.79 Å². The van der Waals surface area contributed by atoms with E-state index in [1.807, 2.05) is 0 Å². The van der Waals surface area contributed by atoms with Crippen LogP contribution in [0.1, 0.15) is 26.2 Å². The third-order valence-corrected chi connectivity index (χ3v) is 4.11. The van der Waals surface area contributed by atoms with Crippen LogP contribution in [0.3, 0.4) is 0 Å². The molecule has 22 heavy (non-hydrogen) atoms. The number of piperidine rings is 1. The quantitative estimate of drug-likeness (QED) is 0.908. The predicted octanol–water partition coefficient (Wildman–Crippen LogP) is 2.35. The van der Waals surface area contributed by atoms with E-state index in [0.29, 0.717) is 18.9 Å². The highest BCUT2D eigenvalue weighted by molar-refractivity contribution is 5.78. The Morgan fingerprint density at radius 1 is 1.41 bits per heavy atom. The fourth-order valence-corrected chi connectivity index (χ4v) is 2.93. The summed E-state index contributed by atoms with van der Waals surface area (Å²) in [6.07, 6.45) is 2.48. The van der Waals surface area contributed by atoms with Gasteiger partial charge < -0.3 is 14.7 Å². The molecule has 1 fully saturated rings. The first-order valence-corrected chi connectivity index (χ1v) is 7.51. The van der Waals surface area contributed by atoms with E-state index in [-0.39, 0.29) is 30.9 Å². The fraction of sp³-hybridized carbons (Fsp3) is 0.562. The molecule has 0 aromatic heterocycles. The van der Waals surface area contributed by atoms with E-state index < -0.39 is 11.6 Å². The largest absolute Gasteiger partial charge is 0.484 e. The lowest BCUT2D eigenvalue weighted by atomic mass is 9.89. The molecule has 1 aromatic rings. The lowest BCUT2D eigenvalue weighted by Crippen LogP contribution is -2.49. The van der Waals surface area contributed by atoms with E-state index in [2.05, 4.69) is 6.92 Å². The number of hydrogen-bond donors (Lipinski definition) is 1. The smallest absolute Gasteiger partial charge is 0.260 e. The summed E-state index contributed by atoms with van der Waals surface area (Å²) in [5.41, 5.74) is 0. The molecule has 4 nitrogen and oxygen atoms in total. The van der Waals surface area contributed by atoms with Crippen LogP contribution >= 0.6 is 0 Å². The summed E-state index contributed by atoms with van der Waals surface area (Å²) in [5, 5.41) is 9.15. The zero-order valence-electron chi connectivity index (χ0n) is 12.6. The van der Waals surface area contributed by atoms with Crippen LogP contribution in [-0.4, -0.2) is 41.7 Å². The summed E-state index contributed by atoms with van der Waals surface area (Å²) >= 11 is 0. The van der Waals surface area contributed by atoms with Crippen LogP contribution in [0.25, 0.3) is 0 Å². The van der Waals surface area contributed by atoms with Gasteiger partial charge in [0.25, 0.3) is 5.91 Å². The van der Waals surface area contributed by atoms with E-state index >= 15 is 0 Å². The zero-order valence-corrected chi connectivity index (χ0v) is 12.6. The first kappa shape index (κ1) is 16.7. The summed E-state index contributed by atoms with van der Waals surface area (Å²) in [5.74, 6) is -1.71. The van der Waals surface area contributed by atoms with Gasteiger partial charge in [-0.15, -0.1) is 0 Å². The second-order valence-corrected chi connectivity index (χ2v) is 5.65. The molecule has 0 bridgehead atoms. The van der Waals surface area contributed by atoms with Crippen molar-refractivity contribution in [1.29, 1.82) is 0 Å². The average Bonchev–Trinajstić information content (AvgIpc) is 2.50. The molecule has 1 heterocycles. The van der Waals surface area contributed by atoms with E-state index in [4.69, 9.17) is 9.84 Å². The van der Waals surface area contributed by atoms with Gasteiger partial charge in [0.05, 0.1) is 0 Å². The Kier molecular flexibility index (Phi) is 5.71. The Bertz CT molecular complexity index is 524. The molecule has 1 saturated heterocycles. The molecule has 2 atom stereocenters. The van der Waals surface area contributed by atoms with E-state index in [9.17, 15) is 13.6 Å². The minimum atomic E-state index is -1.00. The van der Waals surface area contributed by atoms with Gasteiger partial charge in [-0.1, -0.05) is 6.92 Å². The number of nitrogens with zero attached hydrogens (tertiary/aromatic N) is 1. The Labute approximate surface area is 128 Å². The monoisotopic (exact) mass is 313 g/mol. The van der Waals surface area contributed by atoms with E-state index in [1.165, 1.54) is 6.07 Å². The summed E-state index contributed by atoms with van der Waals surface area (Å²) in [6, 6.07) is 3.18. The SMILES string of the molecule is CC1CCCN(C(=O)COc2ccc(F)c(F)c2)C1CCO. The third-order valence-electron chi connectivity index (χ3n) is 4.11. The number of aliphatic hydroxyl groups is 1. The van der Waals surface area contributed by atoms with Gasteiger partial charge in [0.1, 0.15) is 5.75 Å². The molecule has 0 saturated carbocycles. The van der Waals surface area contributed by atoms with Gasteiger partial charge in [0, 0.05) is 25.3 Å². The van der Waals surface area contributed by atoms with Crippen molar-refractivity contribution in [2.75, 3.05) is 19.8 Å². The second kappa shape index (κ2) is 7.54. The predicted molar refractivity (Wildman–Crippen MR) is 77.5 cm³/mol. The minimum Gasteiger partial charge on any atom is -0.484 e. The highest BCUT2D eigenvalue weighted by Gasteiger charge is 2.31. The number of carbonyl (C=O) groups excluding carboxylic acids is 1. The first-order valence-electron chi connectivity index (χ1n) is 7.51. The molecule has 122 valence electrons. The lowest BCUT2D eigenvalue weighted by molar-refractivity contribution is -0.139. The molecule has 0 aliphatic carbocycles. The Hall–Kier alpha value is -1.69. The van der Waals surface area contributed by atoms with Crippen molar-refractivity contribution in [2.45, 2.75) is 32.2 Å². The Morgan fingerprint density at radius 2 is 2.18 bits per heavy atom. The van der Waals surface area contributed by atoms with Gasteiger partial charge in [-0.25, -0.2) is 8.78 Å². The highest BCUT2D eigenvalue weighted by Crippen LogP contribution is 2.25. The molecule has 1 aromatic carbocycles. The van der Waals surface area contributed by atoms with E-state index in [1.54, 1.807) is 4.90 Å². The normalized spacial score (nSPS) is 21.7. The Balaban J connectivity index is 1.96. The van der Waals surface area contributed by atoms with Gasteiger partial charge in [0.15, 0.2) is 18.2 Å². The van der Waals surface area contributed by atoms with Crippen molar-refractivity contribution >= 4 is 5.91 Å². The third kappa shape index (κ3) is 3.94. The van der Waals surface area contributed by atoms with Crippen LogP contribution in [0, 0.1) is 17.6 Å². The number of halogens is 2. The first-order chi connectivity index (χ1) is 10.5. The van der Waals surface area contributed by atoms with Crippen molar-refractivity contribution < 1.29 is 23.4 Å². The summed E-state index contributed by atoms with van der Waals surface area (Å²) in [7, 11) is 0. The van der Waals surface area contributed by atoms with Crippen molar-refractivity contribution in [2.24, 2.45) is 5.92 Å². The maximum Gasteiger partial charge on any atom is 0.260 e. The summed E-state index contributed by atoms with van der Waals surface area (Å²) in [4.78, 5) is 14.0. The summed E-state index contributed by atoms with van der Waals surface area (Å²) < 4.78 is 31.2. The second-order valence-electron chi connectivity index (χ2n) is 5.65. The molecule has 2 unspecified atom stereocenters. The van der Waals surface area contributed by atoms with Gasteiger partial charge in [0.2, 0.25) is 0 Å². The number of aliphatic hydroxyl groups excluding tert-OH is 1. The minimum absolute atomic E-state index is 0.000182. The number of benzene rings is 1. The molecular formula is C16H21F2NO3. The van der Waals surface area contributed by atoms with Crippen LogP contribution in [0.4, 0.5) is 8.78 Å². The van der Waals surface area contributed by atoms with E-state index in [0.717, 1.165) is 25.0 Å². The van der Waals surface area contributed by atoms with Crippen molar-refractivity contribution in [3.05, 3.63) is 29.8 Å². The van der Waals surface area contributed by atoms with Gasteiger partial charge in [-0.3, -0.25) is 4.79 Å². The molecule has 1 N–H and O–H groups in total. The molecule has 6 heteroatoms. The topological polar surface area (TPSA) is 49.8 Å². The number of hydrogen-bond acceptors (Lipinski definition) is 3. The molecule has 1 aliphatic rings. The zero-order chi connectivity index (χ0) is 16.1. The summed E-state index contributed by atoms with van der Waals surface area (Å²) in [6.45, 7) is 2.51. The van der Waals surface area contributed by atoms with Gasteiger partial charge >= 0.3 is 0 Å². The Morgan fingerprint density at radius 3 is 2.86 bits per heavy atom. The number of rotatable bonds is 5. The molecule has 2 rings (SSSR count). The standard InChI is InChI=1S/C16H21F2NO3/c1-11-3-2-7-19(15(11)6-8-20)16(21)10-22-12-4-5-13(17)14(18)9-12/h4-5,9,11,15,20H,2-3,6-8,10H2,1H3. The van der Waals surface area contributed by atoms with Crippen LogP contribution < -0.4 is 4.74 Å². The molecule has 1 amide bonds. The fourth-order valence-electron chi connectivity index (χ4n) is 2.93. The van der Waals surface area contributed by atoms with Crippen LogP contribution in [0.5, 0.6) is 5.75 Å². The number of carbonyl (C=O) groups is 1. The van der Waals surface area contributed by atoms with Crippen LogP contribution in [0.15, 0.2) is 18.2 Å². The molecule has 0 spiro atoms. The van der Waals surface area contributed by atoms with Crippen molar-refractivity contribution in [1.82, 2.24) is 4.90 Å².